The minimum Gasteiger partial charge on any atom is -0.364 e. The second-order valence-corrected chi connectivity index (χ2v) is 8.80. The van der Waals surface area contributed by atoms with Crippen LogP contribution in [0.5, 0.6) is 0 Å². The van der Waals surface area contributed by atoms with E-state index in [1.54, 1.807) is 42.5 Å². The Labute approximate surface area is 177 Å². The standard InChI is InChI=1S/C20H17ClN4O4S/c21-13-6-7-17-16(10-13)19(30(27,28)15-4-2-1-3-5-15)20(23-17)24-18(26)12-22-11-14-8-9-29-25-14/h1-10,22-23H,11-12H2,(H,24,26). The molecule has 2 aromatic carbocycles. The molecule has 30 heavy (non-hydrogen) atoms. The summed E-state index contributed by atoms with van der Waals surface area (Å²) in [5, 5.41) is 10.1. The van der Waals surface area contributed by atoms with E-state index in [1.807, 2.05) is 0 Å². The summed E-state index contributed by atoms with van der Waals surface area (Å²) in [6.45, 7) is 0.287. The summed E-state index contributed by atoms with van der Waals surface area (Å²) in [4.78, 5) is 15.5. The van der Waals surface area contributed by atoms with Gasteiger partial charge in [-0.05, 0) is 30.3 Å². The largest absolute Gasteiger partial charge is 0.364 e. The normalized spacial score (nSPS) is 11.6. The molecule has 154 valence electrons. The molecule has 4 aromatic rings. The summed E-state index contributed by atoms with van der Waals surface area (Å²) in [7, 11) is -3.92. The van der Waals surface area contributed by atoms with Gasteiger partial charge in [0.2, 0.25) is 15.7 Å². The first-order valence-electron chi connectivity index (χ1n) is 8.96. The number of rotatable bonds is 7. The third-order valence-corrected chi connectivity index (χ3v) is 6.47. The molecule has 0 bridgehead atoms. The Balaban J connectivity index is 1.66. The third kappa shape index (κ3) is 4.09. The smallest absolute Gasteiger partial charge is 0.239 e. The van der Waals surface area contributed by atoms with Gasteiger partial charge in [0.05, 0.1) is 17.1 Å². The van der Waals surface area contributed by atoms with Gasteiger partial charge in [0.1, 0.15) is 17.0 Å². The average Bonchev–Trinajstić information content (AvgIpc) is 3.36. The highest BCUT2D eigenvalue weighted by Crippen LogP contribution is 2.36. The number of amides is 1. The Morgan fingerprint density at radius 3 is 2.67 bits per heavy atom. The number of halogens is 1. The number of H-pyrrole nitrogens is 1. The van der Waals surface area contributed by atoms with Crippen molar-refractivity contribution in [2.24, 2.45) is 0 Å². The predicted octanol–water partition coefficient (Wildman–Crippen LogP) is 3.37. The maximum atomic E-state index is 13.3. The van der Waals surface area contributed by atoms with E-state index in [0.29, 0.717) is 28.2 Å². The molecule has 0 saturated carbocycles. The molecule has 0 unspecified atom stereocenters. The van der Waals surface area contributed by atoms with E-state index < -0.39 is 15.7 Å². The maximum Gasteiger partial charge on any atom is 0.239 e. The molecule has 0 radical (unpaired) electrons. The first-order chi connectivity index (χ1) is 14.4. The van der Waals surface area contributed by atoms with E-state index in [2.05, 4.69) is 20.8 Å². The molecule has 0 saturated heterocycles. The fourth-order valence-corrected chi connectivity index (χ4v) is 4.79. The van der Waals surface area contributed by atoms with Crippen LogP contribution >= 0.6 is 11.6 Å². The van der Waals surface area contributed by atoms with E-state index in [-0.39, 0.29) is 22.2 Å². The van der Waals surface area contributed by atoms with Crippen LogP contribution in [0.3, 0.4) is 0 Å². The molecule has 0 aliphatic carbocycles. The van der Waals surface area contributed by atoms with Crippen molar-refractivity contribution in [2.45, 2.75) is 16.3 Å². The summed E-state index contributed by atoms with van der Waals surface area (Å²) >= 11 is 6.10. The number of sulfone groups is 1. The first kappa shape index (κ1) is 20.1. The molecular weight excluding hydrogens is 428 g/mol. The minimum absolute atomic E-state index is 0.0314. The number of carbonyl (C=O) groups is 1. The quantitative estimate of drug-likeness (QED) is 0.402. The van der Waals surface area contributed by atoms with Crippen molar-refractivity contribution in [3.8, 4) is 0 Å². The van der Waals surface area contributed by atoms with Gasteiger partial charge in [-0.25, -0.2) is 8.42 Å². The fraction of sp³-hybridized carbons (Fsp3) is 0.100. The van der Waals surface area contributed by atoms with Crippen LogP contribution in [-0.4, -0.2) is 31.0 Å². The summed E-state index contributed by atoms with van der Waals surface area (Å²) in [5.74, 6) is -0.329. The molecule has 2 aromatic heterocycles. The first-order valence-corrected chi connectivity index (χ1v) is 10.8. The third-order valence-electron chi connectivity index (χ3n) is 4.38. The van der Waals surface area contributed by atoms with Gasteiger partial charge in [-0.2, -0.15) is 0 Å². The van der Waals surface area contributed by atoms with E-state index in [9.17, 15) is 13.2 Å². The number of fused-ring (bicyclic) bond motifs is 1. The number of anilines is 1. The van der Waals surface area contributed by atoms with Gasteiger partial charge >= 0.3 is 0 Å². The van der Waals surface area contributed by atoms with Crippen LogP contribution in [0, 0.1) is 0 Å². The zero-order valence-electron chi connectivity index (χ0n) is 15.6. The second-order valence-electron chi connectivity index (χ2n) is 6.48. The highest BCUT2D eigenvalue weighted by Gasteiger charge is 2.27. The lowest BCUT2D eigenvalue weighted by molar-refractivity contribution is -0.115. The maximum absolute atomic E-state index is 13.3. The lowest BCUT2D eigenvalue weighted by Crippen LogP contribution is -2.28. The molecule has 0 aliphatic rings. The van der Waals surface area contributed by atoms with Crippen LogP contribution in [0.1, 0.15) is 5.69 Å². The second kappa shape index (κ2) is 8.31. The zero-order chi connectivity index (χ0) is 21.1. The van der Waals surface area contributed by atoms with Crippen LogP contribution in [0.2, 0.25) is 5.02 Å². The van der Waals surface area contributed by atoms with Crippen LogP contribution < -0.4 is 10.6 Å². The summed E-state index contributed by atoms with van der Waals surface area (Å²) in [5.41, 5.74) is 1.19. The molecule has 0 atom stereocenters. The Bertz CT molecular complexity index is 1290. The van der Waals surface area contributed by atoms with Crippen molar-refractivity contribution < 1.29 is 17.7 Å². The predicted molar refractivity (Wildman–Crippen MR) is 112 cm³/mol. The number of aromatic nitrogens is 2. The molecule has 1 amide bonds. The molecule has 2 heterocycles. The minimum atomic E-state index is -3.92. The van der Waals surface area contributed by atoms with Gasteiger partial charge in [-0.1, -0.05) is 35.0 Å². The van der Waals surface area contributed by atoms with Gasteiger partial charge in [0.15, 0.2) is 0 Å². The lowest BCUT2D eigenvalue weighted by Gasteiger charge is -2.09. The van der Waals surface area contributed by atoms with Gasteiger partial charge in [0, 0.05) is 28.5 Å². The van der Waals surface area contributed by atoms with Gasteiger partial charge in [-0.15, -0.1) is 0 Å². The number of hydrogen-bond donors (Lipinski definition) is 3. The van der Waals surface area contributed by atoms with Crippen molar-refractivity contribution >= 4 is 44.1 Å². The van der Waals surface area contributed by atoms with Crippen LogP contribution in [0.15, 0.2) is 75.2 Å². The van der Waals surface area contributed by atoms with E-state index in [0.717, 1.165) is 0 Å². The summed E-state index contributed by atoms with van der Waals surface area (Å²) in [6.07, 6.45) is 1.44. The van der Waals surface area contributed by atoms with Gasteiger partial charge in [-0.3, -0.25) is 4.79 Å². The lowest BCUT2D eigenvalue weighted by atomic mass is 10.2. The molecule has 8 nitrogen and oxygen atoms in total. The summed E-state index contributed by atoms with van der Waals surface area (Å²) in [6, 6.07) is 14.6. The van der Waals surface area contributed by atoms with E-state index >= 15 is 0 Å². The number of nitrogens with one attached hydrogen (secondary N) is 3. The van der Waals surface area contributed by atoms with E-state index in [1.165, 1.54) is 18.4 Å². The molecule has 10 heteroatoms. The SMILES string of the molecule is O=C(CNCc1ccon1)Nc1[nH]c2ccc(Cl)cc2c1S(=O)(=O)c1ccccc1. The molecule has 3 N–H and O–H groups in total. The van der Waals surface area contributed by atoms with Crippen LogP contribution in [0.4, 0.5) is 5.82 Å². The Kier molecular flexibility index (Phi) is 5.58. The van der Waals surface area contributed by atoms with Crippen molar-refractivity contribution in [1.29, 1.82) is 0 Å². The highest BCUT2D eigenvalue weighted by atomic mass is 35.5. The van der Waals surface area contributed by atoms with Gasteiger partial charge in [0.25, 0.3) is 0 Å². The average molecular weight is 445 g/mol. The Hall–Kier alpha value is -3.14. The number of aromatic amines is 1. The number of hydrogen-bond acceptors (Lipinski definition) is 6. The van der Waals surface area contributed by atoms with Crippen molar-refractivity contribution in [3.05, 3.63) is 71.6 Å². The molecule has 4 rings (SSSR count). The summed E-state index contributed by atoms with van der Waals surface area (Å²) < 4.78 is 31.4. The van der Waals surface area contributed by atoms with Crippen LogP contribution in [0.25, 0.3) is 10.9 Å². The van der Waals surface area contributed by atoms with Gasteiger partial charge < -0.3 is 20.1 Å². The number of nitrogens with zero attached hydrogens (tertiary/aromatic N) is 1. The Morgan fingerprint density at radius 2 is 1.93 bits per heavy atom. The fourth-order valence-electron chi connectivity index (χ4n) is 3.04. The van der Waals surface area contributed by atoms with Crippen LogP contribution in [-0.2, 0) is 21.2 Å². The number of carbonyl (C=O) groups excluding carboxylic acids is 1. The molecule has 0 fully saturated rings. The van der Waals surface area contributed by atoms with Crippen molar-refractivity contribution in [2.75, 3.05) is 11.9 Å². The monoisotopic (exact) mass is 444 g/mol. The molecular formula is C20H17ClN4O4S. The molecule has 0 spiro atoms. The topological polar surface area (TPSA) is 117 Å². The Morgan fingerprint density at radius 1 is 1.13 bits per heavy atom. The zero-order valence-corrected chi connectivity index (χ0v) is 17.1. The molecule has 0 aliphatic heterocycles. The van der Waals surface area contributed by atoms with Crippen molar-refractivity contribution in [3.63, 3.8) is 0 Å². The highest BCUT2D eigenvalue weighted by molar-refractivity contribution is 7.92. The number of benzene rings is 2. The van der Waals surface area contributed by atoms with Crippen molar-refractivity contribution in [1.82, 2.24) is 15.5 Å². The van der Waals surface area contributed by atoms with E-state index in [4.69, 9.17) is 16.1 Å².